The van der Waals surface area contributed by atoms with Crippen LogP contribution in [-0.4, -0.2) is 36.5 Å². The first-order valence-electron chi connectivity index (χ1n) is 8.83. The number of nitro benzene ring substituents is 1. The van der Waals surface area contributed by atoms with Crippen molar-refractivity contribution in [3.8, 4) is 0 Å². The van der Waals surface area contributed by atoms with Crippen molar-refractivity contribution in [3.05, 3.63) is 69.8 Å². The average Bonchev–Trinajstić information content (AvgIpc) is 2.71. The summed E-state index contributed by atoms with van der Waals surface area (Å²) >= 11 is 0. The standard InChI is InChI=1S/C20H23N3O5/c1-13(15-7-5-4-6-8-15)12-22-19(24)14(2)28-20(25)17-11-16(23(26)27)9-10-18(17)21-3/h4-11,13-14,21H,12H2,1-3H3,(H,22,24)/t13-,14-/m1/s1. The van der Waals surface area contributed by atoms with Crippen molar-refractivity contribution in [1.29, 1.82) is 0 Å². The van der Waals surface area contributed by atoms with Gasteiger partial charge in [0.05, 0.1) is 10.5 Å². The molecule has 0 radical (unpaired) electrons. The van der Waals surface area contributed by atoms with E-state index in [4.69, 9.17) is 4.74 Å². The van der Waals surface area contributed by atoms with Gasteiger partial charge >= 0.3 is 5.97 Å². The van der Waals surface area contributed by atoms with Crippen molar-refractivity contribution in [3.63, 3.8) is 0 Å². The van der Waals surface area contributed by atoms with Crippen molar-refractivity contribution >= 4 is 23.3 Å². The molecular formula is C20H23N3O5. The van der Waals surface area contributed by atoms with Gasteiger partial charge < -0.3 is 15.4 Å². The van der Waals surface area contributed by atoms with Crippen molar-refractivity contribution in [2.75, 3.05) is 18.9 Å². The second-order valence-corrected chi connectivity index (χ2v) is 6.34. The highest BCUT2D eigenvalue weighted by molar-refractivity contribution is 5.98. The highest BCUT2D eigenvalue weighted by atomic mass is 16.6. The van der Waals surface area contributed by atoms with Crippen LogP contribution >= 0.6 is 0 Å². The number of hydrogen-bond acceptors (Lipinski definition) is 6. The fourth-order valence-corrected chi connectivity index (χ4v) is 2.61. The molecule has 2 aromatic carbocycles. The number of carbonyl (C=O) groups excluding carboxylic acids is 2. The zero-order chi connectivity index (χ0) is 20.7. The number of ether oxygens (including phenoxy) is 1. The summed E-state index contributed by atoms with van der Waals surface area (Å²) in [6.45, 7) is 3.83. The van der Waals surface area contributed by atoms with Gasteiger partial charge in [0.15, 0.2) is 6.10 Å². The number of nitrogens with one attached hydrogen (secondary N) is 2. The Morgan fingerprint density at radius 1 is 1.14 bits per heavy atom. The third-order valence-corrected chi connectivity index (χ3v) is 4.31. The minimum absolute atomic E-state index is 0.00555. The number of carbonyl (C=O) groups is 2. The van der Waals surface area contributed by atoms with Gasteiger partial charge in [0, 0.05) is 31.4 Å². The topological polar surface area (TPSA) is 111 Å². The van der Waals surface area contributed by atoms with E-state index in [9.17, 15) is 19.7 Å². The first-order valence-corrected chi connectivity index (χ1v) is 8.83. The van der Waals surface area contributed by atoms with E-state index in [0.29, 0.717) is 12.2 Å². The number of non-ortho nitro benzene ring substituents is 1. The van der Waals surface area contributed by atoms with E-state index in [2.05, 4.69) is 10.6 Å². The number of anilines is 1. The predicted octanol–water partition coefficient (Wildman–Crippen LogP) is 3.10. The molecule has 0 aromatic heterocycles. The van der Waals surface area contributed by atoms with Crippen LogP contribution in [0.25, 0.3) is 0 Å². The van der Waals surface area contributed by atoms with Crippen molar-refractivity contribution in [2.45, 2.75) is 25.9 Å². The van der Waals surface area contributed by atoms with Crippen molar-refractivity contribution in [1.82, 2.24) is 5.32 Å². The molecule has 2 aromatic rings. The van der Waals surface area contributed by atoms with E-state index >= 15 is 0 Å². The maximum absolute atomic E-state index is 12.4. The van der Waals surface area contributed by atoms with Gasteiger partial charge in [-0.05, 0) is 24.5 Å². The lowest BCUT2D eigenvalue weighted by Gasteiger charge is -2.17. The molecule has 2 atom stereocenters. The monoisotopic (exact) mass is 385 g/mol. The molecule has 0 unspecified atom stereocenters. The summed E-state index contributed by atoms with van der Waals surface area (Å²) in [5.41, 5.74) is 1.22. The van der Waals surface area contributed by atoms with Crippen LogP contribution in [0.1, 0.15) is 35.7 Å². The summed E-state index contributed by atoms with van der Waals surface area (Å²) in [7, 11) is 1.58. The Hall–Kier alpha value is -3.42. The van der Waals surface area contributed by atoms with Crippen LogP contribution < -0.4 is 10.6 Å². The van der Waals surface area contributed by atoms with Crippen LogP contribution in [-0.2, 0) is 9.53 Å². The number of nitro groups is 1. The number of hydrogen-bond donors (Lipinski definition) is 2. The van der Waals surface area contributed by atoms with E-state index in [0.717, 1.165) is 11.6 Å². The van der Waals surface area contributed by atoms with Crippen LogP contribution in [0.3, 0.4) is 0 Å². The highest BCUT2D eigenvalue weighted by Gasteiger charge is 2.23. The van der Waals surface area contributed by atoms with Crippen LogP contribution in [0.15, 0.2) is 48.5 Å². The molecule has 2 rings (SSSR count). The third-order valence-electron chi connectivity index (χ3n) is 4.31. The Kier molecular flexibility index (Phi) is 7.08. The first kappa shape index (κ1) is 20.9. The molecule has 0 saturated carbocycles. The van der Waals surface area contributed by atoms with Crippen molar-refractivity contribution < 1.29 is 19.2 Å². The summed E-state index contributed by atoms with van der Waals surface area (Å²) < 4.78 is 5.20. The molecule has 0 bridgehead atoms. The molecule has 0 aliphatic rings. The molecule has 0 fully saturated rings. The third kappa shape index (κ3) is 5.29. The second-order valence-electron chi connectivity index (χ2n) is 6.34. The van der Waals surface area contributed by atoms with Crippen LogP contribution in [0.2, 0.25) is 0 Å². The zero-order valence-electron chi connectivity index (χ0n) is 16.0. The Bertz CT molecular complexity index is 854. The molecule has 0 heterocycles. The average molecular weight is 385 g/mol. The Morgan fingerprint density at radius 3 is 2.43 bits per heavy atom. The summed E-state index contributed by atoms with van der Waals surface area (Å²) in [6, 6.07) is 13.5. The molecule has 0 aliphatic carbocycles. The summed E-state index contributed by atoms with van der Waals surface area (Å²) in [5.74, 6) is -1.15. The molecule has 2 N–H and O–H groups in total. The molecule has 1 amide bonds. The molecular weight excluding hydrogens is 362 g/mol. The number of rotatable bonds is 8. The first-order chi connectivity index (χ1) is 13.3. The van der Waals surface area contributed by atoms with Crippen LogP contribution in [0.4, 0.5) is 11.4 Å². The lowest BCUT2D eigenvalue weighted by molar-refractivity contribution is -0.384. The smallest absolute Gasteiger partial charge is 0.341 e. The highest BCUT2D eigenvalue weighted by Crippen LogP contribution is 2.23. The maximum Gasteiger partial charge on any atom is 0.341 e. The van der Waals surface area contributed by atoms with E-state index in [1.165, 1.54) is 19.1 Å². The Morgan fingerprint density at radius 2 is 1.82 bits per heavy atom. The summed E-state index contributed by atoms with van der Waals surface area (Å²) in [6.07, 6.45) is -1.04. The molecule has 0 aliphatic heterocycles. The maximum atomic E-state index is 12.4. The van der Waals surface area contributed by atoms with E-state index < -0.39 is 22.9 Å². The lowest BCUT2D eigenvalue weighted by Crippen LogP contribution is -2.37. The summed E-state index contributed by atoms with van der Waals surface area (Å²) in [4.78, 5) is 35.0. The van der Waals surface area contributed by atoms with E-state index in [1.807, 2.05) is 37.3 Å². The normalized spacial score (nSPS) is 12.5. The molecule has 0 spiro atoms. The molecule has 8 heteroatoms. The number of benzene rings is 2. The zero-order valence-corrected chi connectivity index (χ0v) is 16.0. The van der Waals surface area contributed by atoms with E-state index in [1.54, 1.807) is 7.05 Å². The fraction of sp³-hybridized carbons (Fsp3) is 0.300. The number of nitrogens with zero attached hydrogens (tertiary/aromatic N) is 1. The molecule has 28 heavy (non-hydrogen) atoms. The minimum Gasteiger partial charge on any atom is -0.449 e. The quantitative estimate of drug-likeness (QED) is 0.410. The van der Waals surface area contributed by atoms with E-state index in [-0.39, 0.29) is 17.2 Å². The predicted molar refractivity (Wildman–Crippen MR) is 105 cm³/mol. The largest absolute Gasteiger partial charge is 0.449 e. The molecule has 0 saturated heterocycles. The van der Waals surface area contributed by atoms with Gasteiger partial charge in [0.1, 0.15) is 0 Å². The number of amides is 1. The van der Waals surface area contributed by atoms with Gasteiger partial charge in [0.2, 0.25) is 0 Å². The van der Waals surface area contributed by atoms with Crippen LogP contribution in [0.5, 0.6) is 0 Å². The van der Waals surface area contributed by atoms with Gasteiger partial charge in [-0.1, -0.05) is 37.3 Å². The lowest BCUT2D eigenvalue weighted by atomic mass is 10.0. The van der Waals surface area contributed by atoms with Crippen LogP contribution in [0, 0.1) is 10.1 Å². The SMILES string of the molecule is CNc1ccc([N+](=O)[O-])cc1C(=O)O[C@H](C)C(=O)NC[C@@H](C)c1ccccc1. The van der Waals surface area contributed by atoms with Gasteiger partial charge in [0.25, 0.3) is 11.6 Å². The second kappa shape index (κ2) is 9.50. The van der Waals surface area contributed by atoms with Gasteiger partial charge in [-0.15, -0.1) is 0 Å². The Balaban J connectivity index is 1.99. The van der Waals surface area contributed by atoms with Gasteiger partial charge in [-0.3, -0.25) is 14.9 Å². The van der Waals surface area contributed by atoms with Crippen molar-refractivity contribution in [2.24, 2.45) is 0 Å². The summed E-state index contributed by atoms with van der Waals surface area (Å²) in [5, 5.41) is 16.5. The molecule has 148 valence electrons. The number of esters is 1. The van der Waals surface area contributed by atoms with Gasteiger partial charge in [-0.25, -0.2) is 4.79 Å². The fourth-order valence-electron chi connectivity index (χ4n) is 2.61. The minimum atomic E-state index is -1.04. The van der Waals surface area contributed by atoms with Gasteiger partial charge in [-0.2, -0.15) is 0 Å². The Labute approximate surface area is 163 Å². The molecule has 8 nitrogen and oxygen atoms in total.